The molecule has 0 saturated heterocycles. The third-order valence-corrected chi connectivity index (χ3v) is 4.17. The highest BCUT2D eigenvalue weighted by atomic mass is 32.2. The van der Waals surface area contributed by atoms with E-state index in [0.29, 0.717) is 17.5 Å². The molecule has 7 heteroatoms. The Morgan fingerprint density at radius 1 is 1.41 bits per heavy atom. The molecule has 0 bridgehead atoms. The van der Waals surface area contributed by atoms with Crippen LogP contribution in [0.5, 0.6) is 5.75 Å². The highest BCUT2D eigenvalue weighted by molar-refractivity contribution is 7.99. The van der Waals surface area contributed by atoms with Gasteiger partial charge in [-0.05, 0) is 17.7 Å². The Morgan fingerprint density at radius 3 is 2.73 bits per heavy atom. The summed E-state index contributed by atoms with van der Waals surface area (Å²) in [6, 6.07) is 7.71. The lowest BCUT2D eigenvalue weighted by Gasteiger charge is -2.11. The molecule has 0 spiro atoms. The van der Waals surface area contributed by atoms with Crippen LogP contribution in [0.15, 0.2) is 35.6 Å². The number of benzene rings is 1. The normalized spacial score (nSPS) is 10.5. The molecule has 0 unspecified atom stereocenters. The Hall–Kier alpha value is -1.99. The van der Waals surface area contributed by atoms with Crippen LogP contribution in [-0.4, -0.2) is 40.5 Å². The predicted octanol–water partition coefficient (Wildman–Crippen LogP) is 1.27. The quantitative estimate of drug-likeness (QED) is 0.751. The van der Waals surface area contributed by atoms with Gasteiger partial charge in [0, 0.05) is 13.6 Å². The van der Waals surface area contributed by atoms with Crippen molar-refractivity contribution in [2.24, 2.45) is 0 Å². The second-order valence-corrected chi connectivity index (χ2v) is 5.53. The van der Waals surface area contributed by atoms with Gasteiger partial charge in [0.15, 0.2) is 5.16 Å². The molecule has 0 aliphatic heterocycles. The fourth-order valence-corrected chi connectivity index (χ4v) is 2.79. The fourth-order valence-electron chi connectivity index (χ4n) is 1.92. The maximum Gasteiger partial charge on any atom is 0.230 e. The number of rotatable bonds is 7. The van der Waals surface area contributed by atoms with Crippen molar-refractivity contribution < 1.29 is 14.6 Å². The highest BCUT2D eigenvalue weighted by Crippen LogP contribution is 2.21. The van der Waals surface area contributed by atoms with E-state index in [0.717, 1.165) is 17.0 Å². The smallest absolute Gasteiger partial charge is 0.230 e. The van der Waals surface area contributed by atoms with Crippen molar-refractivity contribution in [3.63, 3.8) is 0 Å². The van der Waals surface area contributed by atoms with Gasteiger partial charge in [-0.15, -0.1) is 0 Å². The average molecular weight is 321 g/mol. The van der Waals surface area contributed by atoms with Crippen LogP contribution in [0.4, 0.5) is 0 Å². The molecule has 1 aromatic heterocycles. The number of aliphatic hydroxyl groups is 1. The van der Waals surface area contributed by atoms with E-state index in [2.05, 4.69) is 10.3 Å². The lowest BCUT2D eigenvalue weighted by atomic mass is 10.2. The molecule has 1 heterocycles. The predicted molar refractivity (Wildman–Crippen MR) is 85.0 cm³/mol. The van der Waals surface area contributed by atoms with Crippen molar-refractivity contribution in [3.8, 4) is 5.75 Å². The van der Waals surface area contributed by atoms with E-state index < -0.39 is 0 Å². The van der Waals surface area contributed by atoms with Gasteiger partial charge in [-0.3, -0.25) is 4.79 Å². The molecule has 2 aromatic rings. The van der Waals surface area contributed by atoms with Crippen molar-refractivity contribution in [1.29, 1.82) is 0 Å². The minimum atomic E-state index is -0.0936. The monoisotopic (exact) mass is 321 g/mol. The van der Waals surface area contributed by atoms with E-state index in [1.807, 2.05) is 28.8 Å². The number of hydrogen-bond acceptors (Lipinski definition) is 5. The summed E-state index contributed by atoms with van der Waals surface area (Å²) < 4.78 is 7.05. The standard InChI is InChI=1S/C15H19N3O3S/c1-16-14(20)10-22-15-17-7-12(9-19)18(15)8-11-3-5-13(21-2)6-4-11/h3-7,19H,8-10H2,1-2H3,(H,16,20). The largest absolute Gasteiger partial charge is 0.497 e. The topological polar surface area (TPSA) is 76.4 Å². The Balaban J connectivity index is 2.16. The molecule has 0 atom stereocenters. The number of imidazole rings is 1. The van der Waals surface area contributed by atoms with Crippen molar-refractivity contribution in [3.05, 3.63) is 41.7 Å². The molecule has 0 aliphatic rings. The molecule has 0 saturated carbocycles. The Kier molecular flexibility index (Phi) is 5.85. The number of aliphatic hydroxyl groups excluding tert-OH is 1. The van der Waals surface area contributed by atoms with E-state index in [9.17, 15) is 9.90 Å². The van der Waals surface area contributed by atoms with Crippen molar-refractivity contribution >= 4 is 17.7 Å². The Bertz CT molecular complexity index is 625. The van der Waals surface area contributed by atoms with Gasteiger partial charge in [0.2, 0.25) is 5.91 Å². The second-order valence-electron chi connectivity index (χ2n) is 4.59. The minimum absolute atomic E-state index is 0.0606. The van der Waals surface area contributed by atoms with Crippen LogP contribution in [0.2, 0.25) is 0 Å². The summed E-state index contributed by atoms with van der Waals surface area (Å²) in [4.78, 5) is 15.7. The van der Waals surface area contributed by atoms with Gasteiger partial charge in [-0.25, -0.2) is 4.98 Å². The molecule has 6 nitrogen and oxygen atoms in total. The molecule has 2 N–H and O–H groups in total. The number of thioether (sulfide) groups is 1. The third kappa shape index (κ3) is 4.02. The number of nitrogens with one attached hydrogen (secondary N) is 1. The van der Waals surface area contributed by atoms with Crippen LogP contribution in [0.25, 0.3) is 0 Å². The zero-order valence-corrected chi connectivity index (χ0v) is 13.4. The summed E-state index contributed by atoms with van der Waals surface area (Å²) in [5, 5.41) is 12.7. The van der Waals surface area contributed by atoms with Gasteiger partial charge in [0.05, 0.1) is 31.4 Å². The molecule has 0 aliphatic carbocycles. The molecule has 2 rings (SSSR count). The summed E-state index contributed by atoms with van der Waals surface area (Å²) >= 11 is 1.35. The van der Waals surface area contributed by atoms with E-state index in [1.165, 1.54) is 11.8 Å². The molecular weight excluding hydrogens is 302 g/mol. The van der Waals surface area contributed by atoms with Crippen LogP contribution in [-0.2, 0) is 17.9 Å². The number of nitrogens with zero attached hydrogens (tertiary/aromatic N) is 2. The number of carbonyl (C=O) groups excluding carboxylic acids is 1. The van der Waals surface area contributed by atoms with Gasteiger partial charge in [-0.2, -0.15) is 0 Å². The zero-order chi connectivity index (χ0) is 15.9. The van der Waals surface area contributed by atoms with E-state index in [1.54, 1.807) is 20.4 Å². The maximum atomic E-state index is 11.4. The Morgan fingerprint density at radius 2 is 2.14 bits per heavy atom. The summed E-state index contributed by atoms with van der Waals surface area (Å²) in [7, 11) is 3.23. The van der Waals surface area contributed by atoms with Crippen LogP contribution in [0.1, 0.15) is 11.3 Å². The number of hydrogen-bond donors (Lipinski definition) is 2. The van der Waals surface area contributed by atoms with Gasteiger partial charge >= 0.3 is 0 Å². The number of amides is 1. The van der Waals surface area contributed by atoms with Crippen LogP contribution >= 0.6 is 11.8 Å². The number of methoxy groups -OCH3 is 1. The van der Waals surface area contributed by atoms with Crippen LogP contribution in [0, 0.1) is 0 Å². The van der Waals surface area contributed by atoms with Gasteiger partial charge in [0.25, 0.3) is 0 Å². The molecular formula is C15H19N3O3S. The number of ether oxygens (including phenoxy) is 1. The van der Waals surface area contributed by atoms with E-state index in [-0.39, 0.29) is 12.5 Å². The summed E-state index contributed by atoms with van der Waals surface area (Å²) in [6.45, 7) is 0.486. The molecule has 118 valence electrons. The van der Waals surface area contributed by atoms with Gasteiger partial charge in [-0.1, -0.05) is 23.9 Å². The number of carbonyl (C=O) groups is 1. The SMILES string of the molecule is CNC(=O)CSc1ncc(CO)n1Cc1ccc(OC)cc1. The first-order valence-electron chi connectivity index (χ1n) is 6.79. The van der Waals surface area contributed by atoms with Crippen LogP contribution < -0.4 is 10.1 Å². The third-order valence-electron chi connectivity index (χ3n) is 3.17. The molecule has 0 fully saturated rings. The van der Waals surface area contributed by atoms with Crippen molar-refractivity contribution in [1.82, 2.24) is 14.9 Å². The summed E-state index contributed by atoms with van der Waals surface area (Å²) in [5.74, 6) is 1.03. The highest BCUT2D eigenvalue weighted by Gasteiger charge is 2.12. The van der Waals surface area contributed by atoms with E-state index >= 15 is 0 Å². The van der Waals surface area contributed by atoms with Gasteiger partial charge < -0.3 is 19.7 Å². The van der Waals surface area contributed by atoms with Crippen molar-refractivity contribution in [2.75, 3.05) is 19.9 Å². The molecule has 0 radical (unpaired) electrons. The summed E-state index contributed by atoms with van der Waals surface area (Å²) in [6.07, 6.45) is 1.63. The van der Waals surface area contributed by atoms with E-state index in [4.69, 9.17) is 4.74 Å². The first-order chi connectivity index (χ1) is 10.7. The first kappa shape index (κ1) is 16.4. The van der Waals surface area contributed by atoms with Crippen molar-refractivity contribution in [2.45, 2.75) is 18.3 Å². The van der Waals surface area contributed by atoms with Crippen LogP contribution in [0.3, 0.4) is 0 Å². The molecule has 1 aromatic carbocycles. The Labute approximate surface area is 133 Å². The van der Waals surface area contributed by atoms with Gasteiger partial charge in [0.1, 0.15) is 5.75 Å². The maximum absolute atomic E-state index is 11.4. The lowest BCUT2D eigenvalue weighted by molar-refractivity contribution is -0.118. The first-order valence-corrected chi connectivity index (χ1v) is 7.78. The average Bonchev–Trinajstić information content (AvgIpc) is 2.95. The minimum Gasteiger partial charge on any atom is -0.497 e. The molecule has 22 heavy (non-hydrogen) atoms. The molecule has 1 amide bonds. The zero-order valence-electron chi connectivity index (χ0n) is 12.6. The lowest BCUT2D eigenvalue weighted by Crippen LogP contribution is -2.20. The number of aromatic nitrogens is 2. The second kappa shape index (κ2) is 7.86. The fraction of sp³-hybridized carbons (Fsp3) is 0.333. The summed E-state index contributed by atoms with van der Waals surface area (Å²) in [5.41, 5.74) is 1.78.